The molecule has 2 aliphatic rings. The van der Waals surface area contributed by atoms with Gasteiger partial charge in [0, 0.05) is 36.8 Å². The number of nitrogens with zero attached hydrogens (tertiary/aromatic N) is 5. The Kier molecular flexibility index (Phi) is 5.64. The van der Waals surface area contributed by atoms with E-state index in [-0.39, 0.29) is 24.3 Å². The van der Waals surface area contributed by atoms with Gasteiger partial charge in [-0.2, -0.15) is 10.1 Å². The summed E-state index contributed by atoms with van der Waals surface area (Å²) in [5.41, 5.74) is 5.18. The van der Waals surface area contributed by atoms with Crippen LogP contribution in [0.5, 0.6) is 5.75 Å². The number of aryl methyl sites for hydroxylation is 2. The van der Waals surface area contributed by atoms with Crippen LogP contribution < -0.4 is 20.6 Å². The minimum atomic E-state index is -0.475. The molecule has 2 N–H and O–H groups in total. The molecule has 9 nitrogen and oxygen atoms in total. The Morgan fingerprint density at radius 3 is 2.85 bits per heavy atom. The van der Waals surface area contributed by atoms with Crippen LogP contribution in [0.4, 0.5) is 10.2 Å². The first-order valence-electron chi connectivity index (χ1n) is 13.6. The molecule has 3 aromatic heterocycles. The van der Waals surface area contributed by atoms with E-state index in [1.807, 2.05) is 45.9 Å². The minimum absolute atomic E-state index is 0.0438. The summed E-state index contributed by atoms with van der Waals surface area (Å²) in [7, 11) is 0. The van der Waals surface area contributed by atoms with Gasteiger partial charge in [-0.05, 0) is 54.7 Å². The second kappa shape index (κ2) is 9.12. The molecule has 10 heteroatoms. The molecule has 2 aliphatic heterocycles. The number of hydrogen-bond donors (Lipinski definition) is 2. The Morgan fingerprint density at radius 2 is 2.02 bits per heavy atom. The fraction of sp³-hybridized carbons (Fsp3) is 0.333. The molecule has 2 aromatic carbocycles. The number of hydrogen-bond acceptors (Lipinski definition) is 7. The van der Waals surface area contributed by atoms with Crippen LogP contribution in [0.1, 0.15) is 36.6 Å². The van der Waals surface area contributed by atoms with Gasteiger partial charge in [-0.3, -0.25) is 14.6 Å². The van der Waals surface area contributed by atoms with E-state index in [9.17, 15) is 4.79 Å². The van der Waals surface area contributed by atoms with Crippen molar-refractivity contribution in [2.24, 2.45) is 0 Å². The number of nitrogens with one attached hydrogen (secondary N) is 2. The van der Waals surface area contributed by atoms with Crippen molar-refractivity contribution in [3.8, 4) is 22.6 Å². The van der Waals surface area contributed by atoms with Crippen LogP contribution in [0, 0.1) is 19.7 Å². The Bertz CT molecular complexity index is 1880. The average molecular weight is 540 g/mol. The maximum absolute atomic E-state index is 16.8. The van der Waals surface area contributed by atoms with Crippen molar-refractivity contribution in [3.05, 3.63) is 69.8 Å². The molecule has 0 bridgehead atoms. The quantitative estimate of drug-likeness (QED) is 0.351. The van der Waals surface area contributed by atoms with E-state index in [0.29, 0.717) is 46.6 Å². The Morgan fingerprint density at radius 1 is 1.18 bits per heavy atom. The second-order valence-corrected chi connectivity index (χ2v) is 11.0. The number of halogens is 1. The summed E-state index contributed by atoms with van der Waals surface area (Å²) in [5, 5.41) is 11.9. The number of fused-ring (bicyclic) bond motifs is 3. The van der Waals surface area contributed by atoms with Crippen molar-refractivity contribution < 1.29 is 9.13 Å². The van der Waals surface area contributed by atoms with Gasteiger partial charge in [0.15, 0.2) is 11.6 Å². The molecule has 0 radical (unpaired) electrons. The van der Waals surface area contributed by atoms with Crippen LogP contribution in [0.2, 0.25) is 0 Å². The molecule has 1 fully saturated rings. The number of ether oxygens (including phenoxy) is 1. The van der Waals surface area contributed by atoms with Crippen LogP contribution in [-0.2, 0) is 0 Å². The summed E-state index contributed by atoms with van der Waals surface area (Å²) in [6.45, 7) is 10.3. The van der Waals surface area contributed by atoms with Crippen molar-refractivity contribution in [1.82, 2.24) is 30.0 Å². The molecule has 0 saturated carbocycles. The number of anilines is 1. The SMILES string of the molecule is Cc1ccnc(C(C)C)c1-n1c(=O)nc2c3c(c(F)c(-c4c(C)ccc5[nH]ncc45)cc31)OC[C@H]1CNCCN21. The topological polar surface area (TPSA) is 101 Å². The maximum Gasteiger partial charge on any atom is 0.354 e. The molecule has 204 valence electrons. The lowest BCUT2D eigenvalue weighted by Gasteiger charge is -2.35. The highest BCUT2D eigenvalue weighted by molar-refractivity contribution is 6.03. The summed E-state index contributed by atoms with van der Waals surface area (Å²) < 4.78 is 24.7. The van der Waals surface area contributed by atoms with Crippen molar-refractivity contribution in [1.29, 1.82) is 0 Å². The zero-order chi connectivity index (χ0) is 27.7. The van der Waals surface area contributed by atoms with Crippen LogP contribution in [0.25, 0.3) is 38.6 Å². The minimum Gasteiger partial charge on any atom is -0.487 e. The first-order chi connectivity index (χ1) is 19.3. The highest BCUT2D eigenvalue weighted by atomic mass is 19.1. The molecule has 0 unspecified atom stereocenters. The van der Waals surface area contributed by atoms with Crippen molar-refractivity contribution in [3.63, 3.8) is 0 Å². The van der Waals surface area contributed by atoms with E-state index in [4.69, 9.17) is 4.74 Å². The lowest BCUT2D eigenvalue weighted by Crippen LogP contribution is -2.54. The van der Waals surface area contributed by atoms with E-state index in [1.165, 1.54) is 0 Å². The molecule has 0 amide bonds. The van der Waals surface area contributed by atoms with Gasteiger partial charge in [-0.15, -0.1) is 0 Å². The first-order valence-corrected chi connectivity index (χ1v) is 13.6. The molecule has 5 heterocycles. The third-order valence-electron chi connectivity index (χ3n) is 8.13. The number of piperazine rings is 1. The number of rotatable bonds is 3. The Labute approximate surface area is 230 Å². The third kappa shape index (κ3) is 3.55. The lowest BCUT2D eigenvalue weighted by atomic mass is 9.94. The number of H-pyrrole nitrogens is 1. The Hall–Kier alpha value is -4.31. The van der Waals surface area contributed by atoms with Crippen molar-refractivity contribution in [2.45, 2.75) is 39.7 Å². The maximum atomic E-state index is 16.8. The van der Waals surface area contributed by atoms with Gasteiger partial charge in [0.05, 0.1) is 40.0 Å². The largest absolute Gasteiger partial charge is 0.487 e. The highest BCUT2D eigenvalue weighted by Crippen LogP contribution is 2.45. The van der Waals surface area contributed by atoms with Crippen molar-refractivity contribution in [2.75, 3.05) is 31.1 Å². The van der Waals surface area contributed by atoms with Gasteiger partial charge < -0.3 is 15.0 Å². The second-order valence-electron chi connectivity index (χ2n) is 11.0. The zero-order valence-corrected chi connectivity index (χ0v) is 22.9. The van der Waals surface area contributed by atoms with E-state index >= 15 is 4.39 Å². The molecular formula is C30H30FN7O2. The van der Waals surface area contributed by atoms with Gasteiger partial charge in [-0.25, -0.2) is 9.18 Å². The summed E-state index contributed by atoms with van der Waals surface area (Å²) in [6, 6.07) is 7.45. The van der Waals surface area contributed by atoms with Gasteiger partial charge in [0.25, 0.3) is 0 Å². The molecular weight excluding hydrogens is 509 g/mol. The molecule has 0 spiro atoms. The number of aromatic amines is 1. The standard InChI is InChI=1S/C30H30FN7O2/c1-15(2)26-27(17(4)7-8-33-26)38-22-11-19(23-16(3)5-6-21-20(23)13-34-36-21)25(31)28-24(22)29(35-30(38)39)37-10-9-32-12-18(37)14-40-28/h5-8,11,13,15,18,32H,9-10,12,14H2,1-4H3,(H,34,36)/t18-/m1/s1. The van der Waals surface area contributed by atoms with Crippen LogP contribution in [0.3, 0.4) is 0 Å². The predicted octanol–water partition coefficient (Wildman–Crippen LogP) is 4.37. The highest BCUT2D eigenvalue weighted by Gasteiger charge is 2.34. The fourth-order valence-corrected chi connectivity index (χ4v) is 6.19. The van der Waals surface area contributed by atoms with Crippen molar-refractivity contribution >= 4 is 27.6 Å². The number of aromatic nitrogens is 5. The van der Waals surface area contributed by atoms with Gasteiger partial charge in [0.2, 0.25) is 0 Å². The molecule has 7 rings (SSSR count). The molecule has 5 aromatic rings. The van der Waals surface area contributed by atoms with E-state index in [2.05, 4.69) is 30.4 Å². The summed E-state index contributed by atoms with van der Waals surface area (Å²) in [4.78, 5) is 25.4. The van der Waals surface area contributed by atoms with Crippen LogP contribution in [-0.4, -0.2) is 57.0 Å². The van der Waals surface area contributed by atoms with Crippen LogP contribution >= 0.6 is 0 Å². The van der Waals surface area contributed by atoms with Gasteiger partial charge >= 0.3 is 5.69 Å². The summed E-state index contributed by atoms with van der Waals surface area (Å²) >= 11 is 0. The molecule has 1 atom stereocenters. The normalized spacial score (nSPS) is 16.9. The van der Waals surface area contributed by atoms with E-state index in [1.54, 1.807) is 23.0 Å². The van der Waals surface area contributed by atoms with Gasteiger partial charge in [0.1, 0.15) is 12.4 Å². The molecule has 40 heavy (non-hydrogen) atoms. The first kappa shape index (κ1) is 24.7. The molecule has 1 saturated heterocycles. The van der Waals surface area contributed by atoms with E-state index in [0.717, 1.165) is 34.3 Å². The fourth-order valence-electron chi connectivity index (χ4n) is 6.19. The lowest BCUT2D eigenvalue weighted by molar-refractivity contribution is 0.264. The predicted molar refractivity (Wildman–Crippen MR) is 153 cm³/mol. The summed E-state index contributed by atoms with van der Waals surface area (Å²) in [5.74, 6) is 0.150. The van der Waals surface area contributed by atoms with Gasteiger partial charge in [-0.1, -0.05) is 19.9 Å². The number of pyridine rings is 1. The van der Waals surface area contributed by atoms with E-state index < -0.39 is 11.5 Å². The molecule has 0 aliphatic carbocycles. The smallest absolute Gasteiger partial charge is 0.354 e. The third-order valence-corrected chi connectivity index (χ3v) is 8.13. The zero-order valence-electron chi connectivity index (χ0n) is 22.9. The van der Waals surface area contributed by atoms with Crippen LogP contribution in [0.15, 0.2) is 41.5 Å². The average Bonchev–Trinajstić information content (AvgIpc) is 3.35. The Balaban J connectivity index is 1.66. The summed E-state index contributed by atoms with van der Waals surface area (Å²) in [6.07, 6.45) is 3.46. The monoisotopic (exact) mass is 539 g/mol. The number of benzene rings is 2.